The number of rotatable bonds is 8. The zero-order chi connectivity index (χ0) is 22.4. The first-order valence-electron chi connectivity index (χ1n) is 11.2. The molecular weight excluding hydrogens is 410 g/mol. The summed E-state index contributed by atoms with van der Waals surface area (Å²) in [7, 11) is 1.69. The van der Waals surface area contributed by atoms with Crippen LogP contribution >= 0.6 is 11.6 Å². The number of carbonyl (C=O) groups excluding carboxylic acids is 1. The minimum absolute atomic E-state index is 0.122. The molecule has 0 saturated carbocycles. The fraction of sp³-hybridized carbons (Fsp3) is 0.500. The monoisotopic (exact) mass is 443 g/mol. The molecule has 0 aliphatic carbocycles. The van der Waals surface area contributed by atoms with Gasteiger partial charge in [0.05, 0.1) is 12.7 Å². The SMILES string of the molecule is CCC(=O)N(CC[C@H](c1ccc(OC)cc1)[C@H]1CCOC(C)(C)C1)c1ccc(Cl)cc1. The smallest absolute Gasteiger partial charge is 0.226 e. The zero-order valence-electron chi connectivity index (χ0n) is 19.1. The Balaban J connectivity index is 1.85. The number of hydrogen-bond acceptors (Lipinski definition) is 3. The van der Waals surface area contributed by atoms with Gasteiger partial charge >= 0.3 is 0 Å². The Morgan fingerprint density at radius 3 is 2.45 bits per heavy atom. The van der Waals surface area contributed by atoms with Crippen molar-refractivity contribution in [1.29, 1.82) is 0 Å². The molecular formula is C26H34ClNO3. The first-order valence-corrected chi connectivity index (χ1v) is 11.5. The minimum atomic E-state index is -0.122. The summed E-state index contributed by atoms with van der Waals surface area (Å²) in [5, 5.41) is 0.674. The molecule has 1 fully saturated rings. The van der Waals surface area contributed by atoms with E-state index in [0.29, 0.717) is 29.8 Å². The molecule has 2 aromatic rings. The molecule has 1 amide bonds. The van der Waals surface area contributed by atoms with E-state index in [-0.39, 0.29) is 11.5 Å². The Hall–Kier alpha value is -2.04. The van der Waals surface area contributed by atoms with Crippen LogP contribution in [0.4, 0.5) is 5.69 Å². The van der Waals surface area contributed by atoms with E-state index in [1.165, 1.54) is 5.56 Å². The van der Waals surface area contributed by atoms with Crippen molar-refractivity contribution in [3.8, 4) is 5.75 Å². The fourth-order valence-electron chi connectivity index (χ4n) is 4.63. The molecule has 0 unspecified atom stereocenters. The number of halogens is 1. The molecule has 2 atom stereocenters. The van der Waals surface area contributed by atoms with Crippen LogP contribution in [0.15, 0.2) is 48.5 Å². The fourth-order valence-corrected chi connectivity index (χ4v) is 4.75. The number of benzene rings is 2. The molecule has 0 spiro atoms. The van der Waals surface area contributed by atoms with E-state index in [9.17, 15) is 4.79 Å². The summed E-state index contributed by atoms with van der Waals surface area (Å²) in [5.74, 6) is 1.83. The van der Waals surface area contributed by atoms with Gasteiger partial charge in [-0.05, 0) is 86.9 Å². The summed E-state index contributed by atoms with van der Waals surface area (Å²) >= 11 is 6.06. The third-order valence-electron chi connectivity index (χ3n) is 6.25. The van der Waals surface area contributed by atoms with Gasteiger partial charge in [-0.25, -0.2) is 0 Å². The second-order valence-electron chi connectivity index (χ2n) is 8.90. The largest absolute Gasteiger partial charge is 0.497 e. The average molecular weight is 444 g/mol. The van der Waals surface area contributed by atoms with Gasteiger partial charge < -0.3 is 14.4 Å². The second-order valence-corrected chi connectivity index (χ2v) is 9.34. The van der Waals surface area contributed by atoms with Crippen molar-refractivity contribution in [1.82, 2.24) is 0 Å². The van der Waals surface area contributed by atoms with Gasteiger partial charge in [-0.2, -0.15) is 0 Å². The number of ether oxygens (including phenoxy) is 2. The van der Waals surface area contributed by atoms with Crippen LogP contribution in [0, 0.1) is 5.92 Å². The van der Waals surface area contributed by atoms with E-state index in [1.54, 1.807) is 7.11 Å². The lowest BCUT2D eigenvalue weighted by Gasteiger charge is -2.40. The van der Waals surface area contributed by atoms with Gasteiger partial charge in [0.2, 0.25) is 5.91 Å². The molecule has 0 radical (unpaired) electrons. The van der Waals surface area contributed by atoms with Crippen LogP contribution in [0.3, 0.4) is 0 Å². The summed E-state index contributed by atoms with van der Waals surface area (Å²) in [6, 6.07) is 15.9. The summed E-state index contributed by atoms with van der Waals surface area (Å²) in [6.45, 7) is 7.70. The predicted octanol–water partition coefficient (Wildman–Crippen LogP) is 6.47. The van der Waals surface area contributed by atoms with Crippen molar-refractivity contribution < 1.29 is 14.3 Å². The summed E-state index contributed by atoms with van der Waals surface area (Å²) < 4.78 is 11.3. The molecule has 5 heteroatoms. The van der Waals surface area contributed by atoms with E-state index in [1.807, 2.05) is 48.2 Å². The molecule has 0 N–H and O–H groups in total. The Morgan fingerprint density at radius 2 is 1.87 bits per heavy atom. The van der Waals surface area contributed by atoms with Gasteiger partial charge in [0.15, 0.2) is 0 Å². The van der Waals surface area contributed by atoms with Crippen molar-refractivity contribution in [2.75, 3.05) is 25.2 Å². The van der Waals surface area contributed by atoms with Crippen LogP contribution < -0.4 is 9.64 Å². The second kappa shape index (κ2) is 10.5. The summed E-state index contributed by atoms with van der Waals surface area (Å²) in [6.07, 6.45) is 3.40. The summed E-state index contributed by atoms with van der Waals surface area (Å²) in [4.78, 5) is 14.7. The lowest BCUT2D eigenvalue weighted by Crippen LogP contribution is -2.38. The van der Waals surface area contributed by atoms with Crippen molar-refractivity contribution in [2.24, 2.45) is 5.92 Å². The highest BCUT2D eigenvalue weighted by Crippen LogP contribution is 2.40. The van der Waals surface area contributed by atoms with Gasteiger partial charge in [-0.15, -0.1) is 0 Å². The number of anilines is 1. The van der Waals surface area contributed by atoms with Crippen LogP contribution in [0.25, 0.3) is 0 Å². The van der Waals surface area contributed by atoms with E-state index >= 15 is 0 Å². The molecule has 0 aromatic heterocycles. The number of amides is 1. The molecule has 0 bridgehead atoms. The van der Waals surface area contributed by atoms with E-state index in [4.69, 9.17) is 21.1 Å². The molecule has 1 aliphatic heterocycles. The van der Waals surface area contributed by atoms with Crippen molar-refractivity contribution in [2.45, 2.75) is 58.0 Å². The highest BCUT2D eigenvalue weighted by molar-refractivity contribution is 6.30. The lowest BCUT2D eigenvalue weighted by atomic mass is 9.75. The lowest BCUT2D eigenvalue weighted by molar-refractivity contribution is -0.118. The first kappa shape index (κ1) is 23.6. The molecule has 2 aromatic carbocycles. The minimum Gasteiger partial charge on any atom is -0.497 e. The highest BCUT2D eigenvalue weighted by Gasteiger charge is 2.34. The third-order valence-corrected chi connectivity index (χ3v) is 6.51. The summed E-state index contributed by atoms with van der Waals surface area (Å²) in [5.41, 5.74) is 2.07. The Kier molecular flexibility index (Phi) is 8.01. The Labute approximate surface area is 191 Å². The molecule has 31 heavy (non-hydrogen) atoms. The van der Waals surface area contributed by atoms with Crippen LogP contribution in [0.1, 0.15) is 57.9 Å². The topological polar surface area (TPSA) is 38.8 Å². The molecule has 3 rings (SSSR count). The Bertz CT molecular complexity index is 848. The number of hydrogen-bond donors (Lipinski definition) is 0. The van der Waals surface area contributed by atoms with Crippen molar-refractivity contribution >= 4 is 23.2 Å². The maximum atomic E-state index is 12.8. The van der Waals surface area contributed by atoms with Gasteiger partial charge in [0.1, 0.15) is 5.75 Å². The van der Waals surface area contributed by atoms with E-state index < -0.39 is 0 Å². The third kappa shape index (κ3) is 6.24. The van der Waals surface area contributed by atoms with E-state index in [0.717, 1.165) is 37.3 Å². The van der Waals surface area contributed by atoms with E-state index in [2.05, 4.69) is 26.0 Å². The van der Waals surface area contributed by atoms with Gasteiger partial charge in [-0.1, -0.05) is 30.7 Å². The maximum Gasteiger partial charge on any atom is 0.226 e. The van der Waals surface area contributed by atoms with Crippen LogP contribution in [-0.2, 0) is 9.53 Å². The molecule has 1 heterocycles. The van der Waals surface area contributed by atoms with Crippen LogP contribution in [-0.4, -0.2) is 31.8 Å². The standard InChI is InChI=1S/C26H34ClNO3/c1-5-25(29)28(22-10-8-21(27)9-11-22)16-14-24(19-6-12-23(30-4)13-7-19)20-15-17-31-26(2,3)18-20/h6-13,20,24H,5,14-18H2,1-4H3/t20-,24+/m0/s1. The number of carbonyl (C=O) groups is 1. The number of nitrogens with zero attached hydrogens (tertiary/aromatic N) is 1. The average Bonchev–Trinajstić information content (AvgIpc) is 2.76. The molecule has 4 nitrogen and oxygen atoms in total. The van der Waals surface area contributed by atoms with Crippen LogP contribution in [0.5, 0.6) is 5.75 Å². The highest BCUT2D eigenvalue weighted by atomic mass is 35.5. The van der Waals surface area contributed by atoms with Gasteiger partial charge in [-0.3, -0.25) is 4.79 Å². The van der Waals surface area contributed by atoms with Crippen molar-refractivity contribution in [3.05, 3.63) is 59.1 Å². The molecule has 168 valence electrons. The maximum absolute atomic E-state index is 12.8. The molecule has 1 aliphatic rings. The van der Waals surface area contributed by atoms with Gasteiger partial charge in [0, 0.05) is 30.3 Å². The van der Waals surface area contributed by atoms with Crippen LogP contribution in [0.2, 0.25) is 5.02 Å². The Morgan fingerprint density at radius 1 is 1.19 bits per heavy atom. The normalized spacial score (nSPS) is 18.9. The zero-order valence-corrected chi connectivity index (χ0v) is 19.8. The number of methoxy groups -OCH3 is 1. The first-order chi connectivity index (χ1) is 14.8. The quantitative estimate of drug-likeness (QED) is 0.469. The predicted molar refractivity (Wildman–Crippen MR) is 127 cm³/mol. The van der Waals surface area contributed by atoms with Crippen molar-refractivity contribution in [3.63, 3.8) is 0 Å². The molecule has 1 saturated heterocycles. The van der Waals surface area contributed by atoms with Gasteiger partial charge in [0.25, 0.3) is 0 Å².